The molecule has 1 aliphatic heterocycles. The lowest BCUT2D eigenvalue weighted by atomic mass is 9.65. The van der Waals surface area contributed by atoms with Gasteiger partial charge in [0, 0.05) is 17.5 Å². The Bertz CT molecular complexity index is 595. The second-order valence-electron chi connectivity index (χ2n) is 7.11. The zero-order valence-electron chi connectivity index (χ0n) is 13.6. The topological polar surface area (TPSA) is 35.5 Å². The van der Waals surface area contributed by atoms with Crippen LogP contribution in [-0.2, 0) is 20.7 Å². The quantitative estimate of drug-likeness (QED) is 0.790. The van der Waals surface area contributed by atoms with Gasteiger partial charge in [-0.15, -0.1) is 0 Å². The molecule has 1 aromatic carbocycles. The summed E-state index contributed by atoms with van der Waals surface area (Å²) >= 11 is 0. The molecule has 0 N–H and O–H groups in total. The minimum Gasteiger partial charge on any atom is -0.344 e. The van der Waals surface area contributed by atoms with Crippen molar-refractivity contribution in [3.8, 4) is 0 Å². The van der Waals surface area contributed by atoms with Gasteiger partial charge in [-0.25, -0.2) is 0 Å². The zero-order valence-corrected chi connectivity index (χ0v) is 13.6. The summed E-state index contributed by atoms with van der Waals surface area (Å²) in [6.45, 7) is 11.8. The smallest absolute Gasteiger partial charge is 0.192 e. The molecule has 0 radical (unpaired) electrons. The molecule has 3 heteroatoms. The van der Waals surface area contributed by atoms with Crippen LogP contribution in [0.4, 0.5) is 0 Å². The molecule has 21 heavy (non-hydrogen) atoms. The highest BCUT2D eigenvalue weighted by Gasteiger charge is 2.41. The van der Waals surface area contributed by atoms with E-state index in [-0.39, 0.29) is 11.2 Å². The Morgan fingerprint density at radius 3 is 2.33 bits per heavy atom. The Labute approximate surface area is 126 Å². The van der Waals surface area contributed by atoms with Crippen molar-refractivity contribution >= 4 is 5.78 Å². The molecule has 1 atom stereocenters. The lowest BCUT2D eigenvalue weighted by molar-refractivity contribution is -0.150. The number of ether oxygens (including phenoxy) is 2. The fraction of sp³-hybridized carbons (Fsp3) is 0.611. The van der Waals surface area contributed by atoms with Gasteiger partial charge >= 0.3 is 0 Å². The summed E-state index contributed by atoms with van der Waals surface area (Å²) in [5.74, 6) is -0.121. The van der Waals surface area contributed by atoms with E-state index in [2.05, 4.69) is 33.8 Å². The summed E-state index contributed by atoms with van der Waals surface area (Å²) in [6.07, 6.45) is 0.612. The van der Waals surface area contributed by atoms with E-state index >= 15 is 0 Å². The molecule has 114 valence electrons. The van der Waals surface area contributed by atoms with Gasteiger partial charge in [-0.1, -0.05) is 26.8 Å². The molecule has 1 unspecified atom stereocenters. The van der Waals surface area contributed by atoms with Crippen LogP contribution in [0.2, 0.25) is 0 Å². The Kier molecular flexibility index (Phi) is 3.26. The normalized spacial score (nSPS) is 26.7. The molecule has 0 saturated carbocycles. The van der Waals surface area contributed by atoms with Crippen LogP contribution in [0.25, 0.3) is 0 Å². The minimum absolute atomic E-state index is 0.0187. The first-order valence-corrected chi connectivity index (χ1v) is 7.72. The van der Waals surface area contributed by atoms with Crippen LogP contribution in [-0.4, -0.2) is 19.0 Å². The van der Waals surface area contributed by atoms with E-state index in [1.54, 1.807) is 0 Å². The predicted molar refractivity (Wildman–Crippen MR) is 81.6 cm³/mol. The van der Waals surface area contributed by atoms with Gasteiger partial charge < -0.3 is 9.47 Å². The van der Waals surface area contributed by atoms with Crippen LogP contribution in [0.15, 0.2) is 12.1 Å². The number of aryl methyl sites for hydroxylation is 1. The molecule has 0 amide bonds. The molecule has 1 heterocycles. The number of fused-ring (bicyclic) bond motifs is 1. The van der Waals surface area contributed by atoms with Crippen molar-refractivity contribution in [2.75, 3.05) is 13.2 Å². The highest BCUT2D eigenvalue weighted by atomic mass is 16.7. The van der Waals surface area contributed by atoms with Crippen LogP contribution in [0, 0.1) is 12.8 Å². The van der Waals surface area contributed by atoms with Crippen LogP contribution in [0.5, 0.6) is 0 Å². The average Bonchev–Trinajstić information content (AvgIpc) is 2.84. The number of carbonyl (C=O) groups excluding carboxylic acids is 1. The van der Waals surface area contributed by atoms with E-state index in [1.807, 2.05) is 13.0 Å². The van der Waals surface area contributed by atoms with Crippen molar-refractivity contribution in [3.63, 3.8) is 0 Å². The van der Waals surface area contributed by atoms with Crippen molar-refractivity contribution in [2.24, 2.45) is 5.92 Å². The van der Waals surface area contributed by atoms with E-state index in [1.165, 1.54) is 0 Å². The Balaban J connectivity index is 2.17. The summed E-state index contributed by atoms with van der Waals surface area (Å²) < 4.78 is 11.5. The maximum atomic E-state index is 12.5. The number of Topliss-reactive ketones (excluding diaryl/α,β-unsaturated/α-hetero) is 1. The van der Waals surface area contributed by atoms with E-state index in [4.69, 9.17) is 9.47 Å². The fourth-order valence-electron chi connectivity index (χ4n) is 3.54. The van der Waals surface area contributed by atoms with Gasteiger partial charge in [0.1, 0.15) is 0 Å². The van der Waals surface area contributed by atoms with Crippen molar-refractivity contribution in [3.05, 3.63) is 34.4 Å². The van der Waals surface area contributed by atoms with E-state index in [0.717, 1.165) is 22.3 Å². The van der Waals surface area contributed by atoms with Crippen molar-refractivity contribution in [1.29, 1.82) is 0 Å². The van der Waals surface area contributed by atoms with Gasteiger partial charge in [0.25, 0.3) is 0 Å². The van der Waals surface area contributed by atoms with Gasteiger partial charge in [-0.2, -0.15) is 0 Å². The summed E-state index contributed by atoms with van der Waals surface area (Å²) in [5.41, 5.74) is 4.14. The Morgan fingerprint density at radius 2 is 1.71 bits per heavy atom. The Morgan fingerprint density at radius 1 is 1.10 bits per heavy atom. The molecular formula is C18H24O3. The molecule has 2 aliphatic rings. The summed E-state index contributed by atoms with van der Waals surface area (Å²) in [5, 5.41) is 0. The van der Waals surface area contributed by atoms with Crippen molar-refractivity contribution < 1.29 is 14.3 Å². The summed E-state index contributed by atoms with van der Waals surface area (Å²) in [7, 11) is 0. The second-order valence-corrected chi connectivity index (χ2v) is 7.11. The monoisotopic (exact) mass is 288 g/mol. The molecule has 3 rings (SSSR count). The minimum atomic E-state index is -0.716. The molecule has 1 saturated heterocycles. The van der Waals surface area contributed by atoms with Crippen molar-refractivity contribution in [1.82, 2.24) is 0 Å². The SMILES string of the molecule is Cc1cc2c(cc1C1(C)OCCO1)C(=O)CC(C)C2(C)C. The average molecular weight is 288 g/mol. The first-order chi connectivity index (χ1) is 9.75. The molecule has 0 spiro atoms. The number of ketones is 1. The third-order valence-corrected chi connectivity index (χ3v) is 5.41. The van der Waals surface area contributed by atoms with Crippen LogP contribution in [0.3, 0.4) is 0 Å². The van der Waals surface area contributed by atoms with Crippen molar-refractivity contribution in [2.45, 2.75) is 52.2 Å². The number of benzene rings is 1. The second kappa shape index (κ2) is 4.65. The highest BCUT2D eigenvalue weighted by Crippen LogP contribution is 2.44. The zero-order chi connectivity index (χ0) is 15.4. The van der Waals surface area contributed by atoms with E-state index in [0.29, 0.717) is 25.6 Å². The molecular weight excluding hydrogens is 264 g/mol. The lowest BCUT2D eigenvalue weighted by Crippen LogP contribution is -2.36. The van der Waals surface area contributed by atoms with Crippen LogP contribution >= 0.6 is 0 Å². The van der Waals surface area contributed by atoms with Gasteiger partial charge in [-0.3, -0.25) is 4.79 Å². The third kappa shape index (κ3) is 2.14. The largest absolute Gasteiger partial charge is 0.344 e. The molecule has 1 aliphatic carbocycles. The standard InChI is InChI=1S/C18H24O3/c1-11-8-15-13(16(19)9-12(2)17(15,3)4)10-14(11)18(5)20-6-7-21-18/h8,10,12H,6-7,9H2,1-5H3. The van der Waals surface area contributed by atoms with Gasteiger partial charge in [0.15, 0.2) is 11.6 Å². The van der Waals surface area contributed by atoms with Crippen LogP contribution in [0.1, 0.15) is 61.2 Å². The van der Waals surface area contributed by atoms with E-state index in [9.17, 15) is 4.79 Å². The maximum absolute atomic E-state index is 12.5. The first kappa shape index (κ1) is 14.7. The maximum Gasteiger partial charge on any atom is 0.192 e. The first-order valence-electron chi connectivity index (χ1n) is 7.72. The lowest BCUT2D eigenvalue weighted by Gasteiger charge is -2.39. The molecule has 1 aromatic rings. The van der Waals surface area contributed by atoms with Gasteiger partial charge in [0.2, 0.25) is 0 Å². The third-order valence-electron chi connectivity index (χ3n) is 5.41. The summed E-state index contributed by atoms with van der Waals surface area (Å²) in [6, 6.07) is 4.17. The fourth-order valence-corrected chi connectivity index (χ4v) is 3.54. The highest BCUT2D eigenvalue weighted by molar-refractivity contribution is 5.99. The van der Waals surface area contributed by atoms with Gasteiger partial charge in [-0.05, 0) is 42.4 Å². The number of rotatable bonds is 1. The molecule has 3 nitrogen and oxygen atoms in total. The molecule has 1 fully saturated rings. The molecule has 0 bridgehead atoms. The predicted octanol–water partition coefficient (Wildman–Crippen LogP) is 3.71. The van der Waals surface area contributed by atoms with E-state index < -0.39 is 5.79 Å². The summed E-state index contributed by atoms with van der Waals surface area (Å²) in [4.78, 5) is 12.5. The number of hydrogen-bond acceptors (Lipinski definition) is 3. The Hall–Kier alpha value is -1.19. The van der Waals surface area contributed by atoms with Gasteiger partial charge in [0.05, 0.1) is 13.2 Å². The molecule has 0 aromatic heterocycles. The number of carbonyl (C=O) groups is 1. The number of hydrogen-bond donors (Lipinski definition) is 0. The van der Waals surface area contributed by atoms with Crippen LogP contribution < -0.4 is 0 Å².